The van der Waals surface area contributed by atoms with Crippen molar-refractivity contribution in [3.8, 4) is 5.69 Å². The second kappa shape index (κ2) is 5.46. The summed E-state index contributed by atoms with van der Waals surface area (Å²) in [5.41, 5.74) is 2.98. The Labute approximate surface area is 123 Å². The molecule has 2 rings (SSSR count). The molecule has 0 aliphatic heterocycles. The highest BCUT2D eigenvalue weighted by Crippen LogP contribution is 2.23. The number of halogens is 1. The number of hydrogen-bond donors (Lipinski definition) is 1. The highest BCUT2D eigenvalue weighted by atomic mass is 35.5. The van der Waals surface area contributed by atoms with Crippen molar-refractivity contribution in [1.29, 1.82) is 0 Å². The van der Waals surface area contributed by atoms with Crippen LogP contribution in [0.1, 0.15) is 18.3 Å². The minimum Gasteiger partial charge on any atom is -0.284 e. The first-order chi connectivity index (χ1) is 9.34. The van der Waals surface area contributed by atoms with Crippen LogP contribution in [0.4, 0.5) is 5.69 Å². The van der Waals surface area contributed by atoms with E-state index in [1.165, 1.54) is 0 Å². The summed E-state index contributed by atoms with van der Waals surface area (Å²) in [6.45, 7) is 5.32. The maximum Gasteiger partial charge on any atom is 0.232 e. The molecule has 20 heavy (non-hydrogen) atoms. The second-order valence-electron chi connectivity index (χ2n) is 4.45. The van der Waals surface area contributed by atoms with Gasteiger partial charge in [0.25, 0.3) is 0 Å². The molecule has 5 nitrogen and oxygen atoms in total. The first-order valence-electron chi connectivity index (χ1n) is 6.16. The van der Waals surface area contributed by atoms with E-state index in [-0.39, 0.29) is 5.75 Å². The van der Waals surface area contributed by atoms with Crippen molar-refractivity contribution in [1.82, 2.24) is 9.78 Å². The van der Waals surface area contributed by atoms with Gasteiger partial charge in [-0.05, 0) is 45.0 Å². The molecule has 0 aliphatic carbocycles. The van der Waals surface area contributed by atoms with E-state index < -0.39 is 10.0 Å². The Hall–Kier alpha value is -1.53. The lowest BCUT2D eigenvalue weighted by Gasteiger charge is -2.08. The van der Waals surface area contributed by atoms with Crippen LogP contribution >= 0.6 is 11.6 Å². The first-order valence-corrected chi connectivity index (χ1v) is 8.19. The minimum absolute atomic E-state index is 0.0435. The van der Waals surface area contributed by atoms with Gasteiger partial charge in [0.15, 0.2) is 0 Å². The Morgan fingerprint density at radius 3 is 2.30 bits per heavy atom. The van der Waals surface area contributed by atoms with E-state index in [1.54, 1.807) is 35.9 Å². The SMILES string of the molecule is CCS(=O)(=O)Nc1ccc(-n2nc(C)c(Cl)c2C)cc1. The van der Waals surface area contributed by atoms with Gasteiger partial charge in [-0.25, -0.2) is 13.1 Å². The summed E-state index contributed by atoms with van der Waals surface area (Å²) >= 11 is 6.11. The molecule has 0 radical (unpaired) electrons. The van der Waals surface area contributed by atoms with Gasteiger partial charge in [-0.1, -0.05) is 11.6 Å². The fraction of sp³-hybridized carbons (Fsp3) is 0.308. The smallest absolute Gasteiger partial charge is 0.232 e. The third-order valence-corrected chi connectivity index (χ3v) is 4.82. The van der Waals surface area contributed by atoms with Crippen LogP contribution in [0.3, 0.4) is 0 Å². The van der Waals surface area contributed by atoms with Gasteiger partial charge in [-0.3, -0.25) is 4.72 Å². The second-order valence-corrected chi connectivity index (χ2v) is 6.84. The summed E-state index contributed by atoms with van der Waals surface area (Å²) in [5, 5.41) is 4.99. The molecule has 1 aromatic heterocycles. The van der Waals surface area contributed by atoms with Gasteiger partial charge in [0.1, 0.15) is 0 Å². The minimum atomic E-state index is -3.25. The fourth-order valence-corrected chi connectivity index (χ4v) is 2.55. The number of aryl methyl sites for hydroxylation is 1. The Bertz CT molecular complexity index is 721. The molecule has 0 fully saturated rings. The van der Waals surface area contributed by atoms with Crippen molar-refractivity contribution in [2.75, 3.05) is 10.5 Å². The summed E-state index contributed by atoms with van der Waals surface area (Å²) in [6.07, 6.45) is 0. The molecule has 0 saturated heterocycles. The van der Waals surface area contributed by atoms with Crippen molar-refractivity contribution >= 4 is 27.3 Å². The van der Waals surface area contributed by atoms with Crippen LogP contribution in [0.15, 0.2) is 24.3 Å². The van der Waals surface area contributed by atoms with Crippen LogP contribution in [-0.4, -0.2) is 24.0 Å². The molecule has 0 spiro atoms. The van der Waals surface area contributed by atoms with Crippen molar-refractivity contribution in [2.24, 2.45) is 0 Å². The molecule has 1 heterocycles. The summed E-state index contributed by atoms with van der Waals surface area (Å²) < 4.78 is 27.2. The Balaban J connectivity index is 2.31. The van der Waals surface area contributed by atoms with E-state index in [4.69, 9.17) is 11.6 Å². The summed E-state index contributed by atoms with van der Waals surface area (Å²) in [5.74, 6) is 0.0435. The summed E-state index contributed by atoms with van der Waals surface area (Å²) in [6, 6.07) is 6.99. The third kappa shape index (κ3) is 2.96. The first kappa shape index (κ1) is 14.9. The molecule has 0 bridgehead atoms. The maximum atomic E-state index is 11.5. The monoisotopic (exact) mass is 313 g/mol. The number of benzene rings is 1. The van der Waals surface area contributed by atoms with Crippen molar-refractivity contribution in [3.05, 3.63) is 40.7 Å². The molecule has 0 aliphatic rings. The molecule has 2 aromatic rings. The van der Waals surface area contributed by atoms with E-state index >= 15 is 0 Å². The Morgan fingerprint density at radius 1 is 1.25 bits per heavy atom. The summed E-state index contributed by atoms with van der Waals surface area (Å²) in [7, 11) is -3.25. The van der Waals surface area contributed by atoms with Crippen molar-refractivity contribution < 1.29 is 8.42 Å². The Morgan fingerprint density at radius 2 is 1.85 bits per heavy atom. The zero-order valence-electron chi connectivity index (χ0n) is 11.5. The largest absolute Gasteiger partial charge is 0.284 e. The molecular formula is C13H16ClN3O2S. The quantitative estimate of drug-likeness (QED) is 0.944. The predicted molar refractivity (Wildman–Crippen MR) is 81.1 cm³/mol. The van der Waals surface area contributed by atoms with E-state index in [0.29, 0.717) is 10.7 Å². The zero-order chi connectivity index (χ0) is 14.9. The van der Waals surface area contributed by atoms with E-state index in [0.717, 1.165) is 17.1 Å². The average molecular weight is 314 g/mol. The van der Waals surface area contributed by atoms with Gasteiger partial charge in [-0.15, -0.1) is 0 Å². The normalized spacial score (nSPS) is 11.6. The van der Waals surface area contributed by atoms with Crippen molar-refractivity contribution in [3.63, 3.8) is 0 Å². The number of rotatable bonds is 4. The lowest BCUT2D eigenvalue weighted by Crippen LogP contribution is -2.14. The van der Waals surface area contributed by atoms with Gasteiger partial charge in [0.05, 0.1) is 27.9 Å². The van der Waals surface area contributed by atoms with Gasteiger partial charge >= 0.3 is 0 Å². The highest BCUT2D eigenvalue weighted by Gasteiger charge is 2.11. The van der Waals surface area contributed by atoms with E-state index in [2.05, 4.69) is 9.82 Å². The Kier molecular flexibility index (Phi) is 4.06. The third-order valence-electron chi connectivity index (χ3n) is 2.97. The van der Waals surface area contributed by atoms with Crippen LogP contribution in [-0.2, 0) is 10.0 Å². The number of aromatic nitrogens is 2. The zero-order valence-corrected chi connectivity index (χ0v) is 13.1. The number of anilines is 1. The molecule has 0 amide bonds. The number of sulfonamides is 1. The summed E-state index contributed by atoms with van der Waals surface area (Å²) in [4.78, 5) is 0. The maximum absolute atomic E-state index is 11.5. The van der Waals surface area contributed by atoms with Crippen LogP contribution in [0.2, 0.25) is 5.02 Å². The van der Waals surface area contributed by atoms with Gasteiger partial charge in [-0.2, -0.15) is 5.10 Å². The standard InChI is InChI=1S/C13H16ClN3O2S/c1-4-20(18,19)16-11-5-7-12(8-6-11)17-10(3)13(14)9(2)15-17/h5-8,16H,4H2,1-3H3. The van der Waals surface area contributed by atoms with Gasteiger partial charge in [0, 0.05) is 5.69 Å². The molecule has 0 saturated carbocycles. The lowest BCUT2D eigenvalue weighted by molar-refractivity contribution is 0.602. The molecule has 108 valence electrons. The number of hydrogen-bond acceptors (Lipinski definition) is 3. The molecule has 0 unspecified atom stereocenters. The van der Waals surface area contributed by atoms with Crippen LogP contribution in [0.5, 0.6) is 0 Å². The topological polar surface area (TPSA) is 64.0 Å². The predicted octanol–water partition coefficient (Wildman–Crippen LogP) is 2.90. The lowest BCUT2D eigenvalue weighted by atomic mass is 10.3. The molecule has 0 atom stereocenters. The van der Waals surface area contributed by atoms with E-state index in [1.807, 2.05) is 13.8 Å². The number of nitrogens with one attached hydrogen (secondary N) is 1. The molecular weight excluding hydrogens is 298 g/mol. The van der Waals surface area contributed by atoms with Crippen molar-refractivity contribution in [2.45, 2.75) is 20.8 Å². The fourth-order valence-electron chi connectivity index (χ4n) is 1.80. The van der Waals surface area contributed by atoms with Crippen LogP contribution in [0.25, 0.3) is 5.69 Å². The number of nitrogens with zero attached hydrogens (tertiary/aromatic N) is 2. The highest BCUT2D eigenvalue weighted by molar-refractivity contribution is 7.92. The average Bonchev–Trinajstić information content (AvgIpc) is 2.67. The molecule has 1 aromatic carbocycles. The molecule has 7 heteroatoms. The van der Waals surface area contributed by atoms with Gasteiger partial charge in [0.2, 0.25) is 10.0 Å². The van der Waals surface area contributed by atoms with Gasteiger partial charge < -0.3 is 0 Å². The van der Waals surface area contributed by atoms with E-state index in [9.17, 15) is 8.42 Å². The van der Waals surface area contributed by atoms with Crippen LogP contribution < -0.4 is 4.72 Å². The molecule has 1 N–H and O–H groups in total. The van der Waals surface area contributed by atoms with Crippen LogP contribution in [0, 0.1) is 13.8 Å².